The Morgan fingerprint density at radius 1 is 0.957 bits per heavy atom. The molecule has 2 aromatic carbocycles. The predicted molar refractivity (Wildman–Crippen MR) is 87.9 cm³/mol. The van der Waals surface area contributed by atoms with Crippen LogP contribution in [0.5, 0.6) is 5.75 Å². The number of para-hydroxylation sites is 2. The van der Waals surface area contributed by atoms with E-state index in [0.29, 0.717) is 22.6 Å². The summed E-state index contributed by atoms with van der Waals surface area (Å²) in [5.74, 6) is -0.360. The zero-order valence-electron chi connectivity index (χ0n) is 13.3. The Bertz CT molecular complexity index is 710. The molecule has 0 radical (unpaired) electrons. The second-order valence-electron chi connectivity index (χ2n) is 5.15. The molecule has 1 N–H and O–H groups in total. The normalized spacial score (nSPS) is 10.3. The SMILES string of the molecule is COC(=O)c1ccccc1NC(=O)c1ccccc1OC(C)C. The van der Waals surface area contributed by atoms with Gasteiger partial charge in [-0.05, 0) is 38.1 Å². The van der Waals surface area contributed by atoms with E-state index in [2.05, 4.69) is 5.32 Å². The molecule has 0 saturated carbocycles. The number of hydrogen-bond acceptors (Lipinski definition) is 4. The third-order valence-electron chi connectivity index (χ3n) is 3.07. The van der Waals surface area contributed by atoms with Crippen molar-refractivity contribution in [2.24, 2.45) is 0 Å². The Hall–Kier alpha value is -2.82. The molecule has 0 atom stereocenters. The second-order valence-corrected chi connectivity index (χ2v) is 5.15. The van der Waals surface area contributed by atoms with E-state index in [1.54, 1.807) is 48.5 Å². The molecule has 0 fully saturated rings. The Morgan fingerprint density at radius 2 is 1.57 bits per heavy atom. The van der Waals surface area contributed by atoms with Crippen LogP contribution in [0.4, 0.5) is 5.69 Å². The average Bonchev–Trinajstić information content (AvgIpc) is 2.54. The van der Waals surface area contributed by atoms with E-state index < -0.39 is 5.97 Å². The van der Waals surface area contributed by atoms with E-state index in [0.717, 1.165) is 0 Å². The zero-order chi connectivity index (χ0) is 16.8. The number of rotatable bonds is 5. The van der Waals surface area contributed by atoms with Gasteiger partial charge in [0.1, 0.15) is 5.75 Å². The fraction of sp³-hybridized carbons (Fsp3) is 0.222. The number of methoxy groups -OCH3 is 1. The Morgan fingerprint density at radius 3 is 2.22 bits per heavy atom. The number of nitrogens with one attached hydrogen (secondary N) is 1. The Labute approximate surface area is 135 Å². The molecule has 120 valence electrons. The lowest BCUT2D eigenvalue weighted by Crippen LogP contribution is -2.17. The summed E-state index contributed by atoms with van der Waals surface area (Å²) in [6, 6.07) is 13.7. The van der Waals surface area contributed by atoms with Crippen LogP contribution in [0.3, 0.4) is 0 Å². The van der Waals surface area contributed by atoms with Crippen LogP contribution in [0.1, 0.15) is 34.6 Å². The summed E-state index contributed by atoms with van der Waals surface area (Å²) < 4.78 is 10.4. The van der Waals surface area contributed by atoms with Gasteiger partial charge in [0, 0.05) is 0 Å². The lowest BCUT2D eigenvalue weighted by molar-refractivity contribution is 0.0602. The van der Waals surface area contributed by atoms with Gasteiger partial charge < -0.3 is 14.8 Å². The van der Waals surface area contributed by atoms with Crippen LogP contribution < -0.4 is 10.1 Å². The van der Waals surface area contributed by atoms with E-state index in [-0.39, 0.29) is 12.0 Å². The quantitative estimate of drug-likeness (QED) is 0.858. The minimum Gasteiger partial charge on any atom is -0.490 e. The van der Waals surface area contributed by atoms with Crippen molar-refractivity contribution < 1.29 is 19.1 Å². The topological polar surface area (TPSA) is 64.6 Å². The van der Waals surface area contributed by atoms with Gasteiger partial charge in [-0.1, -0.05) is 24.3 Å². The molecule has 23 heavy (non-hydrogen) atoms. The van der Waals surface area contributed by atoms with Crippen molar-refractivity contribution in [1.29, 1.82) is 0 Å². The van der Waals surface area contributed by atoms with Gasteiger partial charge in [0.15, 0.2) is 0 Å². The molecule has 5 nitrogen and oxygen atoms in total. The largest absolute Gasteiger partial charge is 0.490 e. The molecule has 5 heteroatoms. The number of esters is 1. The van der Waals surface area contributed by atoms with Gasteiger partial charge in [-0.15, -0.1) is 0 Å². The van der Waals surface area contributed by atoms with Gasteiger partial charge >= 0.3 is 5.97 Å². The fourth-order valence-corrected chi connectivity index (χ4v) is 2.08. The molecule has 0 heterocycles. The molecule has 0 unspecified atom stereocenters. The molecule has 0 aromatic heterocycles. The Balaban J connectivity index is 2.29. The second kappa shape index (κ2) is 7.45. The molecule has 0 aliphatic rings. The summed E-state index contributed by atoms with van der Waals surface area (Å²) in [5.41, 5.74) is 1.09. The van der Waals surface area contributed by atoms with E-state index >= 15 is 0 Å². The van der Waals surface area contributed by atoms with E-state index in [9.17, 15) is 9.59 Å². The summed E-state index contributed by atoms with van der Waals surface area (Å²) in [6.07, 6.45) is -0.0497. The minimum atomic E-state index is -0.507. The number of ether oxygens (including phenoxy) is 2. The van der Waals surface area contributed by atoms with Crippen molar-refractivity contribution in [3.63, 3.8) is 0 Å². The first-order valence-electron chi connectivity index (χ1n) is 7.27. The van der Waals surface area contributed by atoms with Crippen molar-refractivity contribution in [2.45, 2.75) is 20.0 Å². The first kappa shape index (κ1) is 16.5. The monoisotopic (exact) mass is 313 g/mol. The third-order valence-corrected chi connectivity index (χ3v) is 3.07. The van der Waals surface area contributed by atoms with Crippen LogP contribution in [0.25, 0.3) is 0 Å². The molecular formula is C18H19NO4. The van der Waals surface area contributed by atoms with Crippen molar-refractivity contribution in [3.8, 4) is 5.75 Å². The van der Waals surface area contributed by atoms with Gasteiger partial charge in [0.2, 0.25) is 0 Å². The molecule has 0 saturated heterocycles. The van der Waals surface area contributed by atoms with Crippen molar-refractivity contribution in [2.75, 3.05) is 12.4 Å². The van der Waals surface area contributed by atoms with Gasteiger partial charge in [0.05, 0.1) is 30.0 Å². The standard InChI is InChI=1S/C18H19NO4/c1-12(2)23-16-11-7-5-9-14(16)17(20)19-15-10-6-4-8-13(15)18(21)22-3/h4-12H,1-3H3,(H,19,20). The summed E-state index contributed by atoms with van der Waals surface area (Å²) in [6.45, 7) is 3.78. The highest BCUT2D eigenvalue weighted by atomic mass is 16.5. The van der Waals surface area contributed by atoms with E-state index in [4.69, 9.17) is 9.47 Å². The number of carbonyl (C=O) groups is 2. The van der Waals surface area contributed by atoms with Crippen LogP contribution in [-0.4, -0.2) is 25.1 Å². The molecule has 0 aliphatic heterocycles. The smallest absolute Gasteiger partial charge is 0.339 e. The number of amides is 1. The average molecular weight is 313 g/mol. The number of benzene rings is 2. The summed E-state index contributed by atoms with van der Waals surface area (Å²) in [7, 11) is 1.30. The maximum atomic E-state index is 12.5. The number of hydrogen-bond donors (Lipinski definition) is 1. The van der Waals surface area contributed by atoms with Crippen molar-refractivity contribution in [3.05, 3.63) is 59.7 Å². The first-order chi connectivity index (χ1) is 11.0. The molecule has 1 amide bonds. The molecular weight excluding hydrogens is 294 g/mol. The van der Waals surface area contributed by atoms with Crippen LogP contribution in [0.15, 0.2) is 48.5 Å². The van der Waals surface area contributed by atoms with Crippen LogP contribution >= 0.6 is 0 Å². The van der Waals surface area contributed by atoms with Crippen LogP contribution in [-0.2, 0) is 4.74 Å². The zero-order valence-corrected chi connectivity index (χ0v) is 13.3. The molecule has 0 bridgehead atoms. The highest BCUT2D eigenvalue weighted by molar-refractivity contribution is 6.09. The van der Waals surface area contributed by atoms with Crippen molar-refractivity contribution in [1.82, 2.24) is 0 Å². The maximum absolute atomic E-state index is 12.5. The Kier molecular flexibility index (Phi) is 5.36. The summed E-state index contributed by atoms with van der Waals surface area (Å²) >= 11 is 0. The van der Waals surface area contributed by atoms with Crippen LogP contribution in [0.2, 0.25) is 0 Å². The predicted octanol–water partition coefficient (Wildman–Crippen LogP) is 3.51. The molecule has 0 aliphatic carbocycles. The summed E-state index contributed by atoms with van der Waals surface area (Å²) in [4.78, 5) is 24.3. The molecule has 2 aromatic rings. The highest BCUT2D eigenvalue weighted by Gasteiger charge is 2.17. The van der Waals surface area contributed by atoms with Crippen molar-refractivity contribution >= 4 is 17.6 Å². The lowest BCUT2D eigenvalue weighted by atomic mass is 10.1. The first-order valence-corrected chi connectivity index (χ1v) is 7.27. The van der Waals surface area contributed by atoms with Gasteiger partial charge in [-0.3, -0.25) is 4.79 Å². The van der Waals surface area contributed by atoms with Crippen LogP contribution in [0, 0.1) is 0 Å². The fourth-order valence-electron chi connectivity index (χ4n) is 2.08. The van der Waals surface area contributed by atoms with E-state index in [1.807, 2.05) is 13.8 Å². The lowest BCUT2D eigenvalue weighted by Gasteiger charge is -2.15. The van der Waals surface area contributed by atoms with Gasteiger partial charge in [-0.25, -0.2) is 4.79 Å². The minimum absolute atomic E-state index is 0.0497. The summed E-state index contributed by atoms with van der Waals surface area (Å²) in [5, 5.41) is 2.74. The maximum Gasteiger partial charge on any atom is 0.339 e. The van der Waals surface area contributed by atoms with Gasteiger partial charge in [-0.2, -0.15) is 0 Å². The van der Waals surface area contributed by atoms with E-state index in [1.165, 1.54) is 7.11 Å². The molecule has 0 spiro atoms. The number of anilines is 1. The number of carbonyl (C=O) groups excluding carboxylic acids is 2. The molecule has 2 rings (SSSR count). The van der Waals surface area contributed by atoms with Gasteiger partial charge in [0.25, 0.3) is 5.91 Å². The highest BCUT2D eigenvalue weighted by Crippen LogP contribution is 2.22. The third kappa shape index (κ3) is 4.10.